The van der Waals surface area contributed by atoms with Crippen LogP contribution in [0.3, 0.4) is 0 Å². The smallest absolute Gasteiger partial charge is 0.156 e. The molecule has 0 N–H and O–H groups in total. The second-order valence-electron chi connectivity index (χ2n) is 3.59. The van der Waals surface area contributed by atoms with Gasteiger partial charge in [0.25, 0.3) is 0 Å². The molecule has 2 heteroatoms. The van der Waals surface area contributed by atoms with Gasteiger partial charge in [-0.2, -0.15) is 0 Å². The summed E-state index contributed by atoms with van der Waals surface area (Å²) in [4.78, 5) is 4.33. The molecule has 0 spiro atoms. The number of aryl methyl sites for hydroxylation is 1. The van der Waals surface area contributed by atoms with Gasteiger partial charge in [-0.25, -0.2) is 0 Å². The van der Waals surface area contributed by atoms with Crippen LogP contribution in [0.1, 0.15) is 12.6 Å². The van der Waals surface area contributed by atoms with Crippen LogP contribution in [0.2, 0.25) is 0 Å². The van der Waals surface area contributed by atoms with E-state index in [-0.39, 0.29) is 0 Å². The maximum absolute atomic E-state index is 5.81. The number of pyridine rings is 1. The number of rotatable bonds is 1. The molecule has 2 heterocycles. The van der Waals surface area contributed by atoms with E-state index < -0.39 is 0 Å². The van der Waals surface area contributed by atoms with Gasteiger partial charge in [0.15, 0.2) is 5.58 Å². The minimum Gasteiger partial charge on any atom is -0.454 e. The Bertz CT molecular complexity index is 625. The van der Waals surface area contributed by atoms with E-state index in [1.807, 2.05) is 30.5 Å². The first kappa shape index (κ1) is 8.48. The molecular weight excluding hydrogens is 186 g/mol. The number of fused-ring (bicyclic) bond motifs is 3. The number of hydrogen-bond acceptors (Lipinski definition) is 2. The molecule has 0 saturated carbocycles. The van der Waals surface area contributed by atoms with Crippen molar-refractivity contribution in [3.63, 3.8) is 0 Å². The zero-order valence-electron chi connectivity index (χ0n) is 8.53. The van der Waals surface area contributed by atoms with Gasteiger partial charge < -0.3 is 4.42 Å². The zero-order valence-corrected chi connectivity index (χ0v) is 8.53. The average molecular weight is 197 g/mol. The van der Waals surface area contributed by atoms with Crippen LogP contribution in [-0.4, -0.2) is 4.98 Å². The lowest BCUT2D eigenvalue weighted by Crippen LogP contribution is -1.84. The third kappa shape index (κ3) is 1.14. The van der Waals surface area contributed by atoms with Crippen molar-refractivity contribution < 1.29 is 4.42 Å². The van der Waals surface area contributed by atoms with Crippen molar-refractivity contribution in [1.82, 2.24) is 4.98 Å². The SMILES string of the molecule is CCc1nccc2c1oc1ccccc12. The van der Waals surface area contributed by atoms with Crippen molar-refractivity contribution in [2.45, 2.75) is 13.3 Å². The van der Waals surface area contributed by atoms with Gasteiger partial charge in [0, 0.05) is 17.0 Å². The number of para-hydroxylation sites is 1. The molecule has 0 atom stereocenters. The van der Waals surface area contributed by atoms with Gasteiger partial charge in [0.05, 0.1) is 5.69 Å². The molecule has 1 aromatic carbocycles. The normalized spacial score (nSPS) is 11.3. The maximum Gasteiger partial charge on any atom is 0.156 e. The molecule has 74 valence electrons. The number of aromatic nitrogens is 1. The lowest BCUT2D eigenvalue weighted by Gasteiger charge is -1.94. The Hall–Kier alpha value is -1.83. The molecule has 0 fully saturated rings. The van der Waals surface area contributed by atoms with E-state index in [9.17, 15) is 0 Å². The van der Waals surface area contributed by atoms with Crippen LogP contribution in [0.5, 0.6) is 0 Å². The molecular formula is C13H11NO. The van der Waals surface area contributed by atoms with Gasteiger partial charge in [0.2, 0.25) is 0 Å². The largest absolute Gasteiger partial charge is 0.454 e. The first-order chi connectivity index (χ1) is 7.40. The summed E-state index contributed by atoms with van der Waals surface area (Å²) < 4.78 is 5.81. The number of benzene rings is 1. The highest BCUT2D eigenvalue weighted by Crippen LogP contribution is 2.29. The van der Waals surface area contributed by atoms with Crippen LogP contribution in [0, 0.1) is 0 Å². The Morgan fingerprint density at radius 3 is 2.87 bits per heavy atom. The van der Waals surface area contributed by atoms with Gasteiger partial charge in [-0.3, -0.25) is 4.98 Å². The van der Waals surface area contributed by atoms with Crippen molar-refractivity contribution in [3.05, 3.63) is 42.2 Å². The fourth-order valence-electron chi connectivity index (χ4n) is 1.96. The summed E-state index contributed by atoms with van der Waals surface area (Å²) in [6, 6.07) is 10.1. The van der Waals surface area contributed by atoms with Gasteiger partial charge >= 0.3 is 0 Å². The summed E-state index contributed by atoms with van der Waals surface area (Å²) in [5.41, 5.74) is 2.90. The van der Waals surface area contributed by atoms with Crippen LogP contribution >= 0.6 is 0 Å². The first-order valence-corrected chi connectivity index (χ1v) is 5.15. The second-order valence-corrected chi connectivity index (χ2v) is 3.59. The number of furan rings is 1. The third-order valence-corrected chi connectivity index (χ3v) is 2.70. The molecule has 15 heavy (non-hydrogen) atoms. The molecule has 2 nitrogen and oxygen atoms in total. The highest BCUT2D eigenvalue weighted by atomic mass is 16.3. The highest BCUT2D eigenvalue weighted by molar-refractivity contribution is 6.05. The minimum atomic E-state index is 0.900. The maximum atomic E-state index is 5.81. The van der Waals surface area contributed by atoms with Crippen molar-refractivity contribution in [1.29, 1.82) is 0 Å². The zero-order chi connectivity index (χ0) is 10.3. The molecule has 0 aliphatic heterocycles. The summed E-state index contributed by atoms with van der Waals surface area (Å²) in [6.45, 7) is 2.09. The lowest BCUT2D eigenvalue weighted by molar-refractivity contribution is 0.659. The molecule has 0 aliphatic carbocycles. The van der Waals surface area contributed by atoms with Crippen molar-refractivity contribution in [3.8, 4) is 0 Å². The van der Waals surface area contributed by atoms with Gasteiger partial charge in [0.1, 0.15) is 5.58 Å². The van der Waals surface area contributed by atoms with E-state index in [0.29, 0.717) is 0 Å². The molecule has 0 amide bonds. The van der Waals surface area contributed by atoms with Gasteiger partial charge in [-0.05, 0) is 18.6 Å². The Kier molecular flexibility index (Phi) is 1.75. The van der Waals surface area contributed by atoms with Crippen molar-refractivity contribution >= 4 is 21.9 Å². The number of hydrogen-bond donors (Lipinski definition) is 0. The van der Waals surface area contributed by atoms with Crippen molar-refractivity contribution in [2.75, 3.05) is 0 Å². The monoisotopic (exact) mass is 197 g/mol. The van der Waals surface area contributed by atoms with Crippen molar-refractivity contribution in [2.24, 2.45) is 0 Å². The lowest BCUT2D eigenvalue weighted by atomic mass is 10.1. The Balaban J connectivity index is 2.53. The highest BCUT2D eigenvalue weighted by Gasteiger charge is 2.09. The van der Waals surface area contributed by atoms with E-state index >= 15 is 0 Å². The summed E-state index contributed by atoms with van der Waals surface area (Å²) in [5, 5.41) is 2.34. The molecule has 0 bridgehead atoms. The third-order valence-electron chi connectivity index (χ3n) is 2.70. The molecule has 0 saturated heterocycles. The minimum absolute atomic E-state index is 0.900. The van der Waals surface area contributed by atoms with E-state index in [4.69, 9.17) is 4.42 Å². The van der Waals surface area contributed by atoms with Gasteiger partial charge in [-0.1, -0.05) is 25.1 Å². The fourth-order valence-corrected chi connectivity index (χ4v) is 1.96. The van der Waals surface area contributed by atoms with E-state index in [1.165, 1.54) is 5.39 Å². The van der Waals surface area contributed by atoms with E-state index in [2.05, 4.69) is 18.0 Å². The van der Waals surface area contributed by atoms with Crippen LogP contribution in [0.4, 0.5) is 0 Å². The second kappa shape index (κ2) is 3.09. The van der Waals surface area contributed by atoms with Crippen LogP contribution < -0.4 is 0 Å². The predicted molar refractivity (Wildman–Crippen MR) is 60.9 cm³/mol. The molecule has 2 aromatic heterocycles. The summed E-state index contributed by atoms with van der Waals surface area (Å²) in [6.07, 6.45) is 2.75. The fraction of sp³-hybridized carbons (Fsp3) is 0.154. The standard InChI is InChI=1S/C13H11NO/c1-2-11-13-10(7-8-14-11)9-5-3-4-6-12(9)15-13/h3-8H,2H2,1H3. The van der Waals surface area contributed by atoms with Crippen LogP contribution in [0.15, 0.2) is 40.9 Å². The quantitative estimate of drug-likeness (QED) is 0.596. The van der Waals surface area contributed by atoms with E-state index in [0.717, 1.165) is 28.7 Å². The molecule has 3 aromatic rings. The van der Waals surface area contributed by atoms with Crippen LogP contribution in [-0.2, 0) is 6.42 Å². The Labute approximate surface area is 87.5 Å². The average Bonchev–Trinajstić information content (AvgIpc) is 2.67. The molecule has 0 radical (unpaired) electrons. The Morgan fingerprint density at radius 1 is 1.13 bits per heavy atom. The van der Waals surface area contributed by atoms with Gasteiger partial charge in [-0.15, -0.1) is 0 Å². The summed E-state index contributed by atoms with van der Waals surface area (Å²) in [7, 11) is 0. The molecule has 0 unspecified atom stereocenters. The molecule has 0 aliphatic rings. The topological polar surface area (TPSA) is 26.0 Å². The first-order valence-electron chi connectivity index (χ1n) is 5.15. The predicted octanol–water partition coefficient (Wildman–Crippen LogP) is 3.54. The Morgan fingerprint density at radius 2 is 2.00 bits per heavy atom. The van der Waals surface area contributed by atoms with Crippen LogP contribution in [0.25, 0.3) is 21.9 Å². The number of nitrogens with zero attached hydrogens (tertiary/aromatic N) is 1. The van der Waals surface area contributed by atoms with E-state index in [1.54, 1.807) is 0 Å². The summed E-state index contributed by atoms with van der Waals surface area (Å²) in [5.74, 6) is 0. The molecule has 3 rings (SSSR count). The summed E-state index contributed by atoms with van der Waals surface area (Å²) >= 11 is 0.